The number of nitrogens with one attached hydrogen (secondary N) is 1. The van der Waals surface area contributed by atoms with Crippen molar-refractivity contribution in [2.75, 3.05) is 13.7 Å². The second kappa shape index (κ2) is 6.52. The number of carbonyl (C=O) groups excluding carboxylic acids is 2. The van der Waals surface area contributed by atoms with Crippen LogP contribution >= 0.6 is 0 Å². The van der Waals surface area contributed by atoms with Crippen molar-refractivity contribution in [3.05, 3.63) is 36.0 Å². The number of para-hydroxylation sites is 1. The van der Waals surface area contributed by atoms with Crippen LogP contribution in [0.2, 0.25) is 0 Å². The molecule has 0 unspecified atom stereocenters. The molecule has 2 aliphatic rings. The molecule has 2 fully saturated rings. The molecule has 1 aromatic carbocycles. The van der Waals surface area contributed by atoms with E-state index in [0.717, 1.165) is 11.9 Å². The van der Waals surface area contributed by atoms with Crippen LogP contribution in [-0.2, 0) is 25.5 Å². The van der Waals surface area contributed by atoms with Crippen LogP contribution in [0.4, 0.5) is 0 Å². The average Bonchev–Trinajstić information content (AvgIpc) is 3.20. The number of esters is 1. The zero-order chi connectivity index (χ0) is 17.4. The molecule has 0 bridgehead atoms. The zero-order valence-electron chi connectivity index (χ0n) is 14.2. The van der Waals surface area contributed by atoms with Gasteiger partial charge in [0, 0.05) is 29.9 Å². The van der Waals surface area contributed by atoms with Gasteiger partial charge in [0.1, 0.15) is 6.23 Å². The van der Waals surface area contributed by atoms with Crippen LogP contribution in [0.15, 0.2) is 30.5 Å². The Hall–Kier alpha value is -2.34. The highest BCUT2D eigenvalue weighted by atomic mass is 16.5. The summed E-state index contributed by atoms with van der Waals surface area (Å²) in [6.07, 6.45) is 3.94. The normalized spacial score (nSPS) is 26.0. The zero-order valence-corrected chi connectivity index (χ0v) is 14.2. The van der Waals surface area contributed by atoms with E-state index in [0.29, 0.717) is 19.4 Å². The van der Waals surface area contributed by atoms with Gasteiger partial charge in [0.15, 0.2) is 0 Å². The molecule has 3 atom stereocenters. The first-order valence-electron chi connectivity index (χ1n) is 8.70. The number of hydrogen-bond donors (Lipinski definition) is 1. The largest absolute Gasteiger partial charge is 0.469 e. The first-order chi connectivity index (χ1) is 12.2. The Labute approximate surface area is 146 Å². The molecule has 1 amide bonds. The Bertz CT molecular complexity index is 800. The summed E-state index contributed by atoms with van der Waals surface area (Å²) in [5.41, 5.74) is 2.31. The van der Waals surface area contributed by atoms with Crippen LogP contribution in [-0.4, -0.2) is 47.7 Å². The predicted molar refractivity (Wildman–Crippen MR) is 91.7 cm³/mol. The topological polar surface area (TPSA) is 71.6 Å². The molecule has 1 aromatic heterocycles. The standard InChI is InChI=1S/C19H22N2O4/c1-24-19(23)8-12-6-17(22)21-14(11-25-18(21)7-12)9-13-10-20-16-5-3-2-4-15(13)16/h2-5,10,12,14,18,20H,6-9,11H2,1H3/t12-,14+,18-/m0/s1. The third kappa shape index (κ3) is 3.02. The van der Waals surface area contributed by atoms with Gasteiger partial charge in [-0.3, -0.25) is 9.59 Å². The summed E-state index contributed by atoms with van der Waals surface area (Å²) in [5.74, 6) is -0.180. The van der Waals surface area contributed by atoms with Crippen LogP contribution in [0.25, 0.3) is 10.9 Å². The number of rotatable bonds is 4. The van der Waals surface area contributed by atoms with Gasteiger partial charge in [0.2, 0.25) is 5.91 Å². The fraction of sp³-hybridized carbons (Fsp3) is 0.474. The second-order valence-corrected chi connectivity index (χ2v) is 6.89. The van der Waals surface area contributed by atoms with Crippen LogP contribution in [0.3, 0.4) is 0 Å². The van der Waals surface area contributed by atoms with Gasteiger partial charge in [-0.05, 0) is 30.4 Å². The monoisotopic (exact) mass is 342 g/mol. The maximum absolute atomic E-state index is 12.6. The van der Waals surface area contributed by atoms with E-state index in [9.17, 15) is 9.59 Å². The van der Waals surface area contributed by atoms with Gasteiger partial charge in [-0.15, -0.1) is 0 Å². The third-order valence-electron chi connectivity index (χ3n) is 5.28. The summed E-state index contributed by atoms with van der Waals surface area (Å²) in [4.78, 5) is 29.3. The highest BCUT2D eigenvalue weighted by Crippen LogP contribution is 2.34. The number of H-pyrrole nitrogens is 1. The van der Waals surface area contributed by atoms with Crippen molar-refractivity contribution in [1.29, 1.82) is 0 Å². The molecule has 0 aliphatic carbocycles. The molecule has 2 aliphatic heterocycles. The van der Waals surface area contributed by atoms with Crippen LogP contribution < -0.4 is 0 Å². The Morgan fingerprint density at radius 2 is 2.24 bits per heavy atom. The lowest BCUT2D eigenvalue weighted by Crippen LogP contribution is -2.48. The number of piperidine rings is 1. The summed E-state index contributed by atoms with van der Waals surface area (Å²) < 4.78 is 10.6. The summed E-state index contributed by atoms with van der Waals surface area (Å²) >= 11 is 0. The number of aromatic amines is 1. The van der Waals surface area contributed by atoms with Gasteiger partial charge in [-0.2, -0.15) is 0 Å². The number of ether oxygens (including phenoxy) is 2. The van der Waals surface area contributed by atoms with Crippen molar-refractivity contribution in [2.45, 2.75) is 38.0 Å². The molecule has 25 heavy (non-hydrogen) atoms. The smallest absolute Gasteiger partial charge is 0.305 e. The summed E-state index contributed by atoms with van der Waals surface area (Å²) in [7, 11) is 1.38. The van der Waals surface area contributed by atoms with Gasteiger partial charge in [-0.1, -0.05) is 18.2 Å². The molecule has 6 nitrogen and oxygen atoms in total. The highest BCUT2D eigenvalue weighted by molar-refractivity contribution is 5.83. The molecule has 4 rings (SSSR count). The SMILES string of the molecule is COC(=O)C[C@H]1CC(=O)N2[C@H](Cc3c[nH]c4ccccc34)CO[C@H]2C1. The minimum Gasteiger partial charge on any atom is -0.469 e. The van der Waals surface area contributed by atoms with Crippen LogP contribution in [0.1, 0.15) is 24.8 Å². The van der Waals surface area contributed by atoms with Crippen LogP contribution in [0, 0.1) is 5.92 Å². The molecule has 0 saturated carbocycles. The minimum atomic E-state index is -0.264. The maximum Gasteiger partial charge on any atom is 0.305 e. The quantitative estimate of drug-likeness (QED) is 0.865. The lowest BCUT2D eigenvalue weighted by atomic mass is 9.91. The number of carbonyl (C=O) groups is 2. The Balaban J connectivity index is 1.47. The predicted octanol–water partition coefficient (Wildman–Crippen LogP) is 2.24. The molecule has 0 spiro atoms. The van der Waals surface area contributed by atoms with Crippen molar-refractivity contribution in [3.8, 4) is 0 Å². The van der Waals surface area contributed by atoms with Gasteiger partial charge < -0.3 is 19.4 Å². The summed E-state index contributed by atoms with van der Waals surface area (Å²) in [6, 6.07) is 8.23. The third-order valence-corrected chi connectivity index (χ3v) is 5.28. The Kier molecular flexibility index (Phi) is 4.21. The van der Waals surface area contributed by atoms with E-state index >= 15 is 0 Å². The molecule has 1 N–H and O–H groups in total. The van der Waals surface area contributed by atoms with Crippen molar-refractivity contribution in [1.82, 2.24) is 9.88 Å². The lowest BCUT2D eigenvalue weighted by Gasteiger charge is -2.35. The van der Waals surface area contributed by atoms with Gasteiger partial charge in [-0.25, -0.2) is 0 Å². The van der Waals surface area contributed by atoms with Crippen molar-refractivity contribution >= 4 is 22.8 Å². The number of benzene rings is 1. The second-order valence-electron chi connectivity index (χ2n) is 6.89. The van der Waals surface area contributed by atoms with E-state index in [-0.39, 0.29) is 36.5 Å². The molecular weight excluding hydrogens is 320 g/mol. The average molecular weight is 342 g/mol. The fourth-order valence-corrected chi connectivity index (χ4v) is 4.07. The van der Waals surface area contributed by atoms with Crippen molar-refractivity contribution in [3.63, 3.8) is 0 Å². The molecule has 6 heteroatoms. The van der Waals surface area contributed by atoms with E-state index in [2.05, 4.69) is 17.1 Å². The fourth-order valence-electron chi connectivity index (χ4n) is 4.07. The number of hydrogen-bond acceptors (Lipinski definition) is 4. The van der Waals surface area contributed by atoms with E-state index in [4.69, 9.17) is 9.47 Å². The van der Waals surface area contributed by atoms with Crippen LogP contribution in [0.5, 0.6) is 0 Å². The number of nitrogens with zero attached hydrogens (tertiary/aromatic N) is 1. The molecule has 3 heterocycles. The van der Waals surface area contributed by atoms with Crippen molar-refractivity contribution < 1.29 is 19.1 Å². The van der Waals surface area contributed by atoms with E-state index in [1.807, 2.05) is 23.2 Å². The lowest BCUT2D eigenvalue weighted by molar-refractivity contribution is -0.149. The number of amides is 1. The molecule has 2 aromatic rings. The number of fused-ring (bicyclic) bond motifs is 2. The molecule has 0 radical (unpaired) electrons. The van der Waals surface area contributed by atoms with Gasteiger partial charge in [0.05, 0.1) is 19.8 Å². The summed E-state index contributed by atoms with van der Waals surface area (Å²) in [5, 5.41) is 1.19. The summed E-state index contributed by atoms with van der Waals surface area (Å²) in [6.45, 7) is 0.543. The maximum atomic E-state index is 12.6. The molecule has 132 valence electrons. The van der Waals surface area contributed by atoms with E-state index in [1.165, 1.54) is 18.1 Å². The van der Waals surface area contributed by atoms with E-state index < -0.39 is 0 Å². The molecule has 2 saturated heterocycles. The number of methoxy groups -OCH3 is 1. The van der Waals surface area contributed by atoms with Gasteiger partial charge >= 0.3 is 5.97 Å². The van der Waals surface area contributed by atoms with Crippen molar-refractivity contribution in [2.24, 2.45) is 5.92 Å². The highest BCUT2D eigenvalue weighted by Gasteiger charge is 2.43. The van der Waals surface area contributed by atoms with Gasteiger partial charge in [0.25, 0.3) is 0 Å². The first-order valence-corrected chi connectivity index (χ1v) is 8.70. The Morgan fingerprint density at radius 3 is 3.08 bits per heavy atom. The minimum absolute atomic E-state index is 0.00744. The Morgan fingerprint density at radius 1 is 1.40 bits per heavy atom. The van der Waals surface area contributed by atoms with E-state index in [1.54, 1.807) is 0 Å². The molecular formula is C19H22N2O4. The number of aromatic nitrogens is 1. The first kappa shape index (κ1) is 16.1.